The number of anilines is 2. The highest BCUT2D eigenvalue weighted by Crippen LogP contribution is 2.35. The fraction of sp³-hybridized carbons (Fsp3) is 0.500. The zero-order chi connectivity index (χ0) is 27.4. The van der Waals surface area contributed by atoms with E-state index in [1.807, 2.05) is 51.7 Å². The van der Waals surface area contributed by atoms with Gasteiger partial charge in [-0.3, -0.25) is 9.59 Å². The van der Waals surface area contributed by atoms with Gasteiger partial charge in [0.2, 0.25) is 11.8 Å². The fourth-order valence-electron chi connectivity index (χ4n) is 4.16. The summed E-state index contributed by atoms with van der Waals surface area (Å²) in [5.41, 5.74) is 1.83. The van der Waals surface area contributed by atoms with E-state index in [2.05, 4.69) is 10.2 Å². The molecular formula is C28H39N3O5S. The second-order valence-electron chi connectivity index (χ2n) is 10.7. The lowest BCUT2D eigenvalue weighted by atomic mass is 9.91. The smallest absolute Gasteiger partial charge is 0.339 e. The molecule has 202 valence electrons. The van der Waals surface area contributed by atoms with E-state index in [0.717, 1.165) is 31.6 Å². The summed E-state index contributed by atoms with van der Waals surface area (Å²) >= 11 is 0. The number of rotatable bonds is 11. The van der Waals surface area contributed by atoms with Crippen molar-refractivity contribution in [2.24, 2.45) is 5.41 Å². The zero-order valence-electron chi connectivity index (χ0n) is 22.7. The first-order valence-electron chi connectivity index (χ1n) is 12.8. The van der Waals surface area contributed by atoms with Gasteiger partial charge >= 0.3 is 10.1 Å². The summed E-state index contributed by atoms with van der Waals surface area (Å²) in [6.45, 7) is 13.3. The number of hydrogen-bond donors (Lipinski definition) is 1. The maximum absolute atomic E-state index is 13.3. The van der Waals surface area contributed by atoms with Gasteiger partial charge in [0.15, 0.2) is 0 Å². The molecule has 1 aliphatic carbocycles. The van der Waals surface area contributed by atoms with Gasteiger partial charge in [-0.05, 0) is 62.4 Å². The molecule has 0 saturated heterocycles. The van der Waals surface area contributed by atoms with Crippen molar-refractivity contribution in [3.63, 3.8) is 0 Å². The number of carbonyl (C=O) groups is 2. The van der Waals surface area contributed by atoms with Gasteiger partial charge < -0.3 is 19.3 Å². The van der Waals surface area contributed by atoms with Crippen molar-refractivity contribution < 1.29 is 22.2 Å². The van der Waals surface area contributed by atoms with Crippen LogP contribution in [0.1, 0.15) is 66.4 Å². The van der Waals surface area contributed by atoms with E-state index in [-0.39, 0.29) is 40.5 Å². The Bertz CT molecular complexity index is 1210. The minimum absolute atomic E-state index is 0.0244. The number of nitrogens with zero attached hydrogens (tertiary/aromatic N) is 2. The van der Waals surface area contributed by atoms with Crippen LogP contribution in [0, 0.1) is 5.41 Å². The van der Waals surface area contributed by atoms with Crippen molar-refractivity contribution in [2.75, 3.05) is 23.3 Å². The molecule has 1 saturated carbocycles. The van der Waals surface area contributed by atoms with Crippen LogP contribution in [0.5, 0.6) is 5.75 Å². The Morgan fingerprint density at radius 3 is 2.16 bits per heavy atom. The van der Waals surface area contributed by atoms with Crippen molar-refractivity contribution in [3.05, 3.63) is 48.0 Å². The molecule has 0 aliphatic heterocycles. The molecule has 2 aromatic rings. The van der Waals surface area contributed by atoms with Crippen molar-refractivity contribution in [3.8, 4) is 5.75 Å². The Balaban J connectivity index is 1.95. The molecule has 1 aliphatic rings. The molecule has 0 spiro atoms. The average Bonchev–Trinajstić information content (AvgIpc) is 3.63. The minimum atomic E-state index is -4.16. The van der Waals surface area contributed by atoms with Gasteiger partial charge in [0, 0.05) is 62.0 Å². The van der Waals surface area contributed by atoms with Gasteiger partial charge in [-0.2, -0.15) is 8.42 Å². The van der Waals surface area contributed by atoms with Crippen LogP contribution in [0.25, 0.3) is 0 Å². The topological polar surface area (TPSA) is 96.0 Å². The lowest BCUT2D eigenvalue weighted by molar-refractivity contribution is -0.134. The Labute approximate surface area is 221 Å². The first kappa shape index (κ1) is 28.5. The second kappa shape index (κ2) is 11.5. The van der Waals surface area contributed by atoms with Crippen LogP contribution in [-0.4, -0.2) is 44.3 Å². The van der Waals surface area contributed by atoms with Gasteiger partial charge in [0.25, 0.3) is 0 Å². The number of amides is 2. The molecule has 2 aromatic carbocycles. The van der Waals surface area contributed by atoms with E-state index in [1.54, 1.807) is 6.07 Å². The van der Waals surface area contributed by atoms with E-state index < -0.39 is 10.1 Å². The Morgan fingerprint density at radius 2 is 1.65 bits per heavy atom. The quantitative estimate of drug-likeness (QED) is 0.403. The summed E-state index contributed by atoms with van der Waals surface area (Å²) in [5, 5.41) is 2.62. The predicted molar refractivity (Wildman–Crippen MR) is 146 cm³/mol. The van der Waals surface area contributed by atoms with Crippen LogP contribution < -0.4 is 14.4 Å². The number of carbonyl (C=O) groups excluding carboxylic acids is 2. The van der Waals surface area contributed by atoms with Crippen LogP contribution in [0.3, 0.4) is 0 Å². The Kier molecular flexibility index (Phi) is 8.89. The maximum atomic E-state index is 13.3. The summed E-state index contributed by atoms with van der Waals surface area (Å²) in [6.07, 6.45) is 2.31. The predicted octanol–water partition coefficient (Wildman–Crippen LogP) is 5.19. The molecule has 3 rings (SSSR count). The highest BCUT2D eigenvalue weighted by molar-refractivity contribution is 7.87. The number of nitrogens with one attached hydrogen (secondary N) is 1. The number of benzene rings is 2. The van der Waals surface area contributed by atoms with Crippen LogP contribution in [0.4, 0.5) is 11.4 Å². The lowest BCUT2D eigenvalue weighted by Crippen LogP contribution is -2.35. The van der Waals surface area contributed by atoms with Crippen molar-refractivity contribution in [1.29, 1.82) is 0 Å². The third-order valence-corrected chi connectivity index (χ3v) is 7.42. The molecule has 37 heavy (non-hydrogen) atoms. The lowest BCUT2D eigenvalue weighted by Gasteiger charge is -2.28. The SMILES string of the molecule is CCN(CC)c1ccc(CN(C(=O)CC(C)(C)C)C2CC2)c(OS(=O)(=O)c2ccc(NC(C)=O)cc2)c1. The van der Waals surface area contributed by atoms with E-state index in [4.69, 9.17) is 4.18 Å². The van der Waals surface area contributed by atoms with Crippen molar-refractivity contribution >= 4 is 33.3 Å². The van der Waals surface area contributed by atoms with Gasteiger partial charge in [-0.15, -0.1) is 0 Å². The second-order valence-corrected chi connectivity index (χ2v) is 12.2. The molecule has 0 heterocycles. The van der Waals surface area contributed by atoms with Crippen LogP contribution in [-0.2, 0) is 26.3 Å². The summed E-state index contributed by atoms with van der Waals surface area (Å²) < 4.78 is 32.2. The molecule has 1 N–H and O–H groups in total. The van der Waals surface area contributed by atoms with E-state index in [1.165, 1.54) is 31.2 Å². The summed E-state index contributed by atoms with van der Waals surface area (Å²) in [6, 6.07) is 11.6. The minimum Gasteiger partial charge on any atom is -0.379 e. The van der Waals surface area contributed by atoms with Crippen molar-refractivity contribution in [2.45, 2.75) is 78.3 Å². The standard InChI is InChI=1S/C28H39N3O5S/c1-7-30(8-2)24-12-9-21(19-31(23-13-14-23)27(33)18-28(4,5)6)26(17-24)36-37(34,35)25-15-10-22(11-16-25)29-20(3)32/h9-12,15-17,23H,7-8,13-14,18-19H2,1-6H3,(H,29,32). The molecule has 0 radical (unpaired) electrons. The normalized spacial score (nSPS) is 13.7. The summed E-state index contributed by atoms with van der Waals surface area (Å²) in [5.74, 6) is 0.0284. The molecule has 0 aromatic heterocycles. The highest BCUT2D eigenvalue weighted by atomic mass is 32.2. The van der Waals surface area contributed by atoms with E-state index in [0.29, 0.717) is 17.7 Å². The highest BCUT2D eigenvalue weighted by Gasteiger charge is 2.35. The molecule has 8 nitrogen and oxygen atoms in total. The summed E-state index contributed by atoms with van der Waals surface area (Å²) in [7, 11) is -4.16. The largest absolute Gasteiger partial charge is 0.379 e. The number of hydrogen-bond acceptors (Lipinski definition) is 6. The molecule has 0 atom stereocenters. The molecule has 0 bridgehead atoms. The summed E-state index contributed by atoms with van der Waals surface area (Å²) in [4.78, 5) is 28.4. The van der Waals surface area contributed by atoms with Gasteiger partial charge in [0.05, 0.1) is 0 Å². The molecular weight excluding hydrogens is 490 g/mol. The van der Waals surface area contributed by atoms with E-state index >= 15 is 0 Å². The third-order valence-electron chi connectivity index (χ3n) is 6.17. The molecule has 1 fully saturated rings. The Hall–Kier alpha value is -3.07. The van der Waals surface area contributed by atoms with Crippen LogP contribution in [0.2, 0.25) is 0 Å². The van der Waals surface area contributed by atoms with Crippen LogP contribution in [0.15, 0.2) is 47.4 Å². The molecule has 9 heteroatoms. The molecule has 2 amide bonds. The van der Waals surface area contributed by atoms with Gasteiger partial charge in [-0.25, -0.2) is 0 Å². The zero-order valence-corrected chi connectivity index (χ0v) is 23.5. The third kappa shape index (κ3) is 7.95. The molecule has 0 unspecified atom stereocenters. The van der Waals surface area contributed by atoms with E-state index in [9.17, 15) is 18.0 Å². The van der Waals surface area contributed by atoms with Crippen molar-refractivity contribution in [1.82, 2.24) is 4.90 Å². The first-order chi connectivity index (χ1) is 17.3. The first-order valence-corrected chi connectivity index (χ1v) is 14.2. The van der Waals surface area contributed by atoms with Gasteiger partial charge in [0.1, 0.15) is 10.6 Å². The van der Waals surface area contributed by atoms with Crippen LogP contribution >= 0.6 is 0 Å². The fourth-order valence-corrected chi connectivity index (χ4v) is 5.11. The monoisotopic (exact) mass is 529 g/mol. The maximum Gasteiger partial charge on any atom is 0.339 e. The Morgan fingerprint density at radius 1 is 1.03 bits per heavy atom. The van der Waals surface area contributed by atoms with Gasteiger partial charge in [-0.1, -0.05) is 26.8 Å². The average molecular weight is 530 g/mol.